The fourth-order valence-corrected chi connectivity index (χ4v) is 1.92. The molecule has 0 N–H and O–H groups in total. The molecule has 0 aliphatic heterocycles. The van der Waals surface area contributed by atoms with Gasteiger partial charge in [0.2, 0.25) is 0 Å². The van der Waals surface area contributed by atoms with E-state index in [1.54, 1.807) is 6.07 Å². The Bertz CT molecular complexity index is 706. The monoisotopic (exact) mass is 271 g/mol. The maximum atomic E-state index is 13.2. The van der Waals surface area contributed by atoms with Gasteiger partial charge in [0.15, 0.2) is 11.6 Å². The molecule has 20 heavy (non-hydrogen) atoms. The van der Waals surface area contributed by atoms with E-state index in [1.807, 2.05) is 35.2 Å². The van der Waals surface area contributed by atoms with Crippen LogP contribution in [0.5, 0.6) is 0 Å². The molecule has 0 saturated heterocycles. The fourth-order valence-electron chi connectivity index (χ4n) is 1.92. The normalized spacial score (nSPS) is 10.7. The van der Waals surface area contributed by atoms with Crippen molar-refractivity contribution < 1.29 is 8.78 Å². The Kier molecular flexibility index (Phi) is 3.25. The van der Waals surface area contributed by atoms with Crippen molar-refractivity contribution in [3.05, 3.63) is 72.2 Å². The van der Waals surface area contributed by atoms with Crippen molar-refractivity contribution in [1.29, 1.82) is 0 Å². The van der Waals surface area contributed by atoms with Gasteiger partial charge in [-0.3, -0.25) is 0 Å². The third kappa shape index (κ3) is 2.56. The van der Waals surface area contributed by atoms with E-state index in [2.05, 4.69) is 10.2 Å². The van der Waals surface area contributed by atoms with E-state index in [0.29, 0.717) is 17.8 Å². The zero-order valence-corrected chi connectivity index (χ0v) is 10.5. The summed E-state index contributed by atoms with van der Waals surface area (Å²) >= 11 is 0. The second-order valence-corrected chi connectivity index (χ2v) is 4.39. The van der Waals surface area contributed by atoms with Gasteiger partial charge in [-0.2, -0.15) is 10.2 Å². The zero-order valence-electron chi connectivity index (χ0n) is 10.5. The number of hydrogen-bond acceptors (Lipinski definition) is 2. The van der Waals surface area contributed by atoms with E-state index in [0.717, 1.165) is 17.8 Å². The van der Waals surface area contributed by atoms with Crippen LogP contribution in [0.15, 0.2) is 54.9 Å². The predicted molar refractivity (Wildman–Crippen MR) is 70.9 cm³/mol. The average molecular weight is 271 g/mol. The Morgan fingerprint density at radius 2 is 1.70 bits per heavy atom. The first kappa shape index (κ1) is 12.5. The molecule has 1 aromatic carbocycles. The molecule has 2 aromatic heterocycles. The van der Waals surface area contributed by atoms with Crippen LogP contribution in [0.25, 0.3) is 11.3 Å². The largest absolute Gasteiger partial charge is 0.348 e. The van der Waals surface area contributed by atoms with Crippen LogP contribution in [-0.4, -0.2) is 14.8 Å². The Morgan fingerprint density at radius 3 is 2.35 bits per heavy atom. The fraction of sp³-hybridized carbons (Fsp3) is 0.0667. The first-order valence-corrected chi connectivity index (χ1v) is 6.11. The molecule has 0 bridgehead atoms. The summed E-state index contributed by atoms with van der Waals surface area (Å²) in [6.45, 7) is 0.623. The number of aromatic nitrogens is 3. The second-order valence-electron chi connectivity index (χ2n) is 4.39. The lowest BCUT2D eigenvalue weighted by atomic mass is 10.1. The quantitative estimate of drug-likeness (QED) is 0.732. The third-order valence-corrected chi connectivity index (χ3v) is 2.95. The molecular formula is C15H11F2N3. The van der Waals surface area contributed by atoms with Gasteiger partial charge < -0.3 is 4.57 Å². The van der Waals surface area contributed by atoms with Crippen LogP contribution in [0.3, 0.4) is 0 Å². The summed E-state index contributed by atoms with van der Waals surface area (Å²) in [5.41, 5.74) is 1.82. The summed E-state index contributed by atoms with van der Waals surface area (Å²) in [4.78, 5) is 0. The van der Waals surface area contributed by atoms with Gasteiger partial charge in [-0.1, -0.05) is 0 Å². The molecule has 0 amide bonds. The molecule has 5 heteroatoms. The van der Waals surface area contributed by atoms with Gasteiger partial charge in [0.05, 0.1) is 17.9 Å². The van der Waals surface area contributed by atoms with Crippen molar-refractivity contribution in [2.75, 3.05) is 0 Å². The first-order chi connectivity index (χ1) is 9.72. The van der Waals surface area contributed by atoms with E-state index in [4.69, 9.17) is 0 Å². The first-order valence-electron chi connectivity index (χ1n) is 6.11. The van der Waals surface area contributed by atoms with Crippen molar-refractivity contribution in [2.45, 2.75) is 6.54 Å². The van der Waals surface area contributed by atoms with Gasteiger partial charge >= 0.3 is 0 Å². The molecule has 0 fully saturated rings. The Balaban J connectivity index is 1.83. The zero-order chi connectivity index (χ0) is 13.9. The van der Waals surface area contributed by atoms with Crippen molar-refractivity contribution in [3.63, 3.8) is 0 Å². The topological polar surface area (TPSA) is 30.7 Å². The van der Waals surface area contributed by atoms with Crippen LogP contribution in [0, 0.1) is 11.6 Å². The summed E-state index contributed by atoms with van der Waals surface area (Å²) in [5.74, 6) is -1.76. The Morgan fingerprint density at radius 1 is 0.900 bits per heavy atom. The average Bonchev–Trinajstić information content (AvgIpc) is 2.96. The van der Waals surface area contributed by atoms with Crippen LogP contribution in [-0.2, 0) is 6.54 Å². The lowest BCUT2D eigenvalue weighted by molar-refractivity contribution is 0.509. The summed E-state index contributed by atoms with van der Waals surface area (Å²) in [7, 11) is 0. The number of halogens is 2. The molecule has 0 aliphatic carbocycles. The summed E-state index contributed by atoms with van der Waals surface area (Å²) in [5, 5.41) is 8.14. The smallest absolute Gasteiger partial charge is 0.159 e. The minimum absolute atomic E-state index is 0.504. The van der Waals surface area contributed by atoms with Gasteiger partial charge in [0, 0.05) is 18.0 Å². The van der Waals surface area contributed by atoms with E-state index in [-0.39, 0.29) is 0 Å². The van der Waals surface area contributed by atoms with Crippen LogP contribution in [0.4, 0.5) is 8.78 Å². The standard InChI is InChI=1S/C15H11F2N3/c16-13-5-3-11(9-14(13)17)15-6-4-12(18-19-15)10-20-7-1-2-8-20/h1-9H,10H2. The molecule has 0 saturated carbocycles. The number of hydrogen-bond donors (Lipinski definition) is 0. The minimum atomic E-state index is -0.888. The van der Waals surface area contributed by atoms with Crippen molar-refractivity contribution >= 4 is 0 Å². The number of nitrogens with zero attached hydrogens (tertiary/aromatic N) is 3. The molecule has 2 heterocycles. The summed E-state index contributed by atoms with van der Waals surface area (Å²) in [6, 6.07) is 11.1. The summed E-state index contributed by atoms with van der Waals surface area (Å²) < 4.78 is 28.0. The van der Waals surface area contributed by atoms with E-state index in [1.165, 1.54) is 6.07 Å². The highest BCUT2D eigenvalue weighted by Crippen LogP contribution is 2.19. The molecule has 3 aromatic rings. The van der Waals surface area contributed by atoms with Crippen molar-refractivity contribution in [3.8, 4) is 11.3 Å². The molecule has 0 spiro atoms. The van der Waals surface area contributed by atoms with Crippen LogP contribution < -0.4 is 0 Å². The van der Waals surface area contributed by atoms with Gasteiger partial charge in [-0.05, 0) is 42.5 Å². The van der Waals surface area contributed by atoms with Gasteiger partial charge in [-0.25, -0.2) is 8.78 Å². The molecule has 0 unspecified atom stereocenters. The van der Waals surface area contributed by atoms with Gasteiger partial charge in [0.25, 0.3) is 0 Å². The van der Waals surface area contributed by atoms with E-state index < -0.39 is 11.6 Å². The summed E-state index contributed by atoms with van der Waals surface area (Å²) in [6.07, 6.45) is 3.87. The molecule has 100 valence electrons. The highest BCUT2D eigenvalue weighted by molar-refractivity contribution is 5.58. The third-order valence-electron chi connectivity index (χ3n) is 2.95. The lowest BCUT2D eigenvalue weighted by Gasteiger charge is -2.04. The highest BCUT2D eigenvalue weighted by atomic mass is 19.2. The maximum Gasteiger partial charge on any atom is 0.159 e. The number of rotatable bonds is 3. The van der Waals surface area contributed by atoms with Gasteiger partial charge in [-0.15, -0.1) is 0 Å². The molecule has 3 rings (SSSR count). The van der Waals surface area contributed by atoms with Crippen molar-refractivity contribution in [1.82, 2.24) is 14.8 Å². The van der Waals surface area contributed by atoms with Crippen molar-refractivity contribution in [2.24, 2.45) is 0 Å². The molecule has 0 atom stereocenters. The molecular weight excluding hydrogens is 260 g/mol. The van der Waals surface area contributed by atoms with Crippen LogP contribution in [0.1, 0.15) is 5.69 Å². The predicted octanol–water partition coefficient (Wildman–Crippen LogP) is 3.27. The van der Waals surface area contributed by atoms with E-state index >= 15 is 0 Å². The van der Waals surface area contributed by atoms with Crippen LogP contribution >= 0.6 is 0 Å². The Labute approximate surface area is 114 Å². The van der Waals surface area contributed by atoms with Crippen LogP contribution in [0.2, 0.25) is 0 Å². The van der Waals surface area contributed by atoms with Gasteiger partial charge in [0.1, 0.15) is 0 Å². The Hall–Kier alpha value is -2.56. The SMILES string of the molecule is Fc1ccc(-c2ccc(Cn3cccc3)nn2)cc1F. The molecule has 0 radical (unpaired) electrons. The number of benzene rings is 1. The maximum absolute atomic E-state index is 13.2. The van der Waals surface area contributed by atoms with E-state index in [9.17, 15) is 8.78 Å². The highest BCUT2D eigenvalue weighted by Gasteiger charge is 2.06. The lowest BCUT2D eigenvalue weighted by Crippen LogP contribution is -2.01. The molecule has 3 nitrogen and oxygen atoms in total. The molecule has 0 aliphatic rings. The second kappa shape index (κ2) is 5.21. The minimum Gasteiger partial charge on any atom is -0.348 e.